The molecule has 0 bridgehead atoms. The minimum Gasteiger partial charge on any atom is -0.383 e. The minimum absolute atomic E-state index is 0.298. The summed E-state index contributed by atoms with van der Waals surface area (Å²) in [6.45, 7) is 0. The number of hydrogen-bond acceptors (Lipinski definition) is 2. The number of nitrogens with two attached hydrogens (primary N) is 1. The lowest BCUT2D eigenvalue weighted by Crippen LogP contribution is -2.05. The molecule has 1 saturated carbocycles. The average molecular weight is 294 g/mol. The monoisotopic (exact) mass is 293 g/mol. The molecule has 0 radical (unpaired) electrons. The van der Waals surface area contributed by atoms with Gasteiger partial charge in [-0.2, -0.15) is 0 Å². The molecule has 0 atom stereocenters. The molecule has 0 unspecified atom stereocenters. The van der Waals surface area contributed by atoms with Gasteiger partial charge in [-0.15, -0.1) is 0 Å². The van der Waals surface area contributed by atoms with Crippen LogP contribution in [0, 0.1) is 5.82 Å². The van der Waals surface area contributed by atoms with Gasteiger partial charge in [-0.1, -0.05) is 30.5 Å². The van der Waals surface area contributed by atoms with Crippen molar-refractivity contribution in [3.05, 3.63) is 34.9 Å². The molecule has 3 nitrogen and oxygen atoms in total. The standard InChI is InChI=1S/C15H17ClFN3/c1-20-14(18)13(12-10(16)7-4-8-11(12)17)19-15(20)9-5-2-3-6-9/h4,7-9H,2-3,5-6,18H2,1H3. The van der Waals surface area contributed by atoms with Crippen LogP contribution in [-0.4, -0.2) is 9.55 Å². The minimum atomic E-state index is -0.389. The highest BCUT2D eigenvalue weighted by atomic mass is 35.5. The molecule has 20 heavy (non-hydrogen) atoms. The molecule has 0 amide bonds. The summed E-state index contributed by atoms with van der Waals surface area (Å²) in [5.41, 5.74) is 6.87. The molecule has 2 N–H and O–H groups in total. The molecule has 1 aliphatic carbocycles. The molecule has 1 aliphatic rings. The first-order chi connectivity index (χ1) is 9.59. The van der Waals surface area contributed by atoms with Crippen LogP contribution in [0.1, 0.15) is 37.4 Å². The van der Waals surface area contributed by atoms with Crippen LogP contribution in [0.5, 0.6) is 0 Å². The third-order valence-corrected chi connectivity index (χ3v) is 4.41. The molecule has 1 fully saturated rings. The fourth-order valence-electron chi connectivity index (χ4n) is 2.99. The Labute approximate surface area is 122 Å². The summed E-state index contributed by atoms with van der Waals surface area (Å²) in [7, 11) is 1.88. The number of rotatable bonds is 2. The Hall–Kier alpha value is -1.55. The highest BCUT2D eigenvalue weighted by Gasteiger charge is 2.26. The van der Waals surface area contributed by atoms with Crippen molar-refractivity contribution in [3.63, 3.8) is 0 Å². The van der Waals surface area contributed by atoms with Gasteiger partial charge in [0.15, 0.2) is 0 Å². The van der Waals surface area contributed by atoms with Gasteiger partial charge in [0.1, 0.15) is 23.2 Å². The van der Waals surface area contributed by atoms with Crippen LogP contribution in [0.25, 0.3) is 11.3 Å². The predicted octanol–water partition coefficient (Wildman–Crippen LogP) is 4.12. The molecular weight excluding hydrogens is 277 g/mol. The second kappa shape index (κ2) is 5.09. The van der Waals surface area contributed by atoms with E-state index in [1.54, 1.807) is 12.1 Å². The predicted molar refractivity (Wildman–Crippen MR) is 79.2 cm³/mol. The fraction of sp³-hybridized carbons (Fsp3) is 0.400. The first kappa shape index (κ1) is 13.4. The van der Waals surface area contributed by atoms with E-state index in [0.29, 0.717) is 28.0 Å². The molecule has 0 saturated heterocycles. The maximum absolute atomic E-state index is 14.0. The van der Waals surface area contributed by atoms with Gasteiger partial charge in [-0.25, -0.2) is 9.37 Å². The van der Waals surface area contributed by atoms with E-state index in [0.717, 1.165) is 18.7 Å². The SMILES string of the molecule is Cn1c(C2CCCC2)nc(-c2c(F)cccc2Cl)c1N. The number of halogens is 2. The summed E-state index contributed by atoms with van der Waals surface area (Å²) in [6, 6.07) is 4.62. The number of benzene rings is 1. The Morgan fingerprint density at radius 3 is 2.70 bits per heavy atom. The van der Waals surface area contributed by atoms with E-state index in [-0.39, 0.29) is 5.82 Å². The second-order valence-corrected chi connectivity index (χ2v) is 5.75. The van der Waals surface area contributed by atoms with Crippen molar-refractivity contribution in [1.29, 1.82) is 0 Å². The summed E-state index contributed by atoms with van der Waals surface area (Å²) in [6.07, 6.45) is 4.67. The van der Waals surface area contributed by atoms with Crippen molar-refractivity contribution < 1.29 is 4.39 Å². The van der Waals surface area contributed by atoms with Gasteiger partial charge in [0.2, 0.25) is 0 Å². The zero-order valence-corrected chi connectivity index (χ0v) is 12.1. The highest BCUT2D eigenvalue weighted by molar-refractivity contribution is 6.33. The third-order valence-electron chi connectivity index (χ3n) is 4.09. The number of aromatic nitrogens is 2. The highest BCUT2D eigenvalue weighted by Crippen LogP contribution is 2.39. The van der Waals surface area contributed by atoms with Crippen molar-refractivity contribution in [2.24, 2.45) is 7.05 Å². The van der Waals surface area contributed by atoms with Gasteiger partial charge in [0.25, 0.3) is 0 Å². The van der Waals surface area contributed by atoms with Gasteiger partial charge in [0, 0.05) is 13.0 Å². The molecule has 1 aromatic carbocycles. The van der Waals surface area contributed by atoms with Gasteiger partial charge >= 0.3 is 0 Å². The van der Waals surface area contributed by atoms with Crippen LogP contribution in [-0.2, 0) is 7.05 Å². The summed E-state index contributed by atoms with van der Waals surface area (Å²) < 4.78 is 15.9. The topological polar surface area (TPSA) is 43.8 Å². The fourth-order valence-corrected chi connectivity index (χ4v) is 3.24. The number of nitrogen functional groups attached to an aromatic ring is 1. The Morgan fingerprint density at radius 1 is 1.35 bits per heavy atom. The Balaban J connectivity index is 2.13. The van der Waals surface area contributed by atoms with E-state index < -0.39 is 0 Å². The molecule has 0 spiro atoms. The maximum atomic E-state index is 14.0. The zero-order chi connectivity index (χ0) is 14.3. The average Bonchev–Trinajstić information content (AvgIpc) is 3.02. The maximum Gasteiger partial charge on any atom is 0.134 e. The lowest BCUT2D eigenvalue weighted by Gasteiger charge is -2.08. The molecule has 2 aromatic rings. The zero-order valence-electron chi connectivity index (χ0n) is 11.4. The van der Waals surface area contributed by atoms with Crippen molar-refractivity contribution in [3.8, 4) is 11.3 Å². The molecule has 3 rings (SSSR count). The van der Waals surface area contributed by atoms with Crippen LogP contribution < -0.4 is 5.73 Å². The smallest absolute Gasteiger partial charge is 0.134 e. The summed E-state index contributed by atoms with van der Waals surface area (Å²) in [5.74, 6) is 1.44. The Bertz CT molecular complexity index is 625. The molecule has 106 valence electrons. The van der Waals surface area contributed by atoms with E-state index >= 15 is 0 Å². The summed E-state index contributed by atoms with van der Waals surface area (Å²) in [4.78, 5) is 4.60. The first-order valence-electron chi connectivity index (χ1n) is 6.86. The molecule has 0 aliphatic heterocycles. The number of nitrogens with zero attached hydrogens (tertiary/aromatic N) is 2. The molecule has 5 heteroatoms. The van der Waals surface area contributed by atoms with Crippen LogP contribution in [0.3, 0.4) is 0 Å². The van der Waals surface area contributed by atoms with Gasteiger partial charge in [-0.3, -0.25) is 0 Å². The van der Waals surface area contributed by atoms with E-state index in [9.17, 15) is 4.39 Å². The normalized spacial score (nSPS) is 15.9. The number of hydrogen-bond donors (Lipinski definition) is 1. The van der Waals surface area contributed by atoms with E-state index in [1.165, 1.54) is 18.9 Å². The third kappa shape index (κ3) is 2.08. The summed E-state index contributed by atoms with van der Waals surface area (Å²) >= 11 is 6.11. The number of imidazole rings is 1. The quantitative estimate of drug-likeness (QED) is 0.905. The van der Waals surface area contributed by atoms with Gasteiger partial charge in [0.05, 0.1) is 10.6 Å². The van der Waals surface area contributed by atoms with Crippen molar-refractivity contribution in [2.75, 3.05) is 5.73 Å². The van der Waals surface area contributed by atoms with E-state index in [2.05, 4.69) is 4.98 Å². The van der Waals surface area contributed by atoms with Crippen LogP contribution >= 0.6 is 11.6 Å². The number of anilines is 1. The Kier molecular flexibility index (Phi) is 3.42. The first-order valence-corrected chi connectivity index (χ1v) is 7.24. The van der Waals surface area contributed by atoms with Crippen LogP contribution in [0.4, 0.5) is 10.2 Å². The van der Waals surface area contributed by atoms with Crippen molar-refractivity contribution in [1.82, 2.24) is 9.55 Å². The summed E-state index contributed by atoms with van der Waals surface area (Å²) in [5, 5.41) is 0.341. The Morgan fingerprint density at radius 2 is 2.05 bits per heavy atom. The van der Waals surface area contributed by atoms with Crippen LogP contribution in [0.2, 0.25) is 5.02 Å². The van der Waals surface area contributed by atoms with E-state index in [1.807, 2.05) is 11.6 Å². The molecule has 1 aromatic heterocycles. The lowest BCUT2D eigenvalue weighted by atomic mass is 10.1. The van der Waals surface area contributed by atoms with Gasteiger partial charge in [-0.05, 0) is 25.0 Å². The van der Waals surface area contributed by atoms with Crippen molar-refractivity contribution >= 4 is 17.4 Å². The molecular formula is C15H17ClFN3. The lowest BCUT2D eigenvalue weighted by molar-refractivity contribution is 0.629. The van der Waals surface area contributed by atoms with E-state index in [4.69, 9.17) is 17.3 Å². The second-order valence-electron chi connectivity index (χ2n) is 5.34. The van der Waals surface area contributed by atoms with Gasteiger partial charge < -0.3 is 10.3 Å². The molecule has 1 heterocycles. The largest absolute Gasteiger partial charge is 0.383 e. The van der Waals surface area contributed by atoms with Crippen LogP contribution in [0.15, 0.2) is 18.2 Å². The van der Waals surface area contributed by atoms with Crippen molar-refractivity contribution in [2.45, 2.75) is 31.6 Å².